The van der Waals surface area contributed by atoms with Crippen LogP contribution in [0.5, 0.6) is 5.75 Å². The zero-order valence-corrected chi connectivity index (χ0v) is 11.0. The summed E-state index contributed by atoms with van der Waals surface area (Å²) in [4.78, 5) is 11.6. The minimum Gasteiger partial charge on any atom is -0.497 e. The molecule has 1 aliphatic rings. The fourth-order valence-corrected chi connectivity index (χ4v) is 2.88. The van der Waals surface area contributed by atoms with Gasteiger partial charge in [-0.3, -0.25) is 4.79 Å². The van der Waals surface area contributed by atoms with E-state index in [0.717, 1.165) is 6.07 Å². The highest BCUT2D eigenvalue weighted by molar-refractivity contribution is 5.82. The van der Waals surface area contributed by atoms with E-state index in [1.807, 2.05) is 0 Å². The predicted molar refractivity (Wildman–Crippen MR) is 65.8 cm³/mol. The van der Waals surface area contributed by atoms with Crippen LogP contribution in [0.2, 0.25) is 0 Å². The van der Waals surface area contributed by atoms with Crippen LogP contribution in [-0.4, -0.2) is 18.2 Å². The van der Waals surface area contributed by atoms with Crippen LogP contribution >= 0.6 is 0 Å². The Morgan fingerprint density at radius 3 is 2.35 bits per heavy atom. The third kappa shape index (κ3) is 2.34. The van der Waals surface area contributed by atoms with Gasteiger partial charge in [0.05, 0.1) is 18.1 Å². The number of hydrogen-bond donors (Lipinski definition) is 1. The van der Waals surface area contributed by atoms with Gasteiger partial charge in [-0.15, -0.1) is 0 Å². The first-order valence-electron chi connectivity index (χ1n) is 6.30. The van der Waals surface area contributed by atoms with E-state index in [4.69, 9.17) is 4.74 Å². The molecule has 0 aromatic heterocycles. The van der Waals surface area contributed by atoms with Crippen molar-refractivity contribution in [2.24, 2.45) is 0 Å². The van der Waals surface area contributed by atoms with Crippen molar-refractivity contribution in [1.29, 1.82) is 0 Å². The Hall–Kier alpha value is -1.72. The van der Waals surface area contributed by atoms with E-state index in [2.05, 4.69) is 0 Å². The molecule has 1 fully saturated rings. The lowest BCUT2D eigenvalue weighted by Crippen LogP contribution is -2.35. The molecule has 0 bridgehead atoms. The Morgan fingerprint density at radius 1 is 1.30 bits per heavy atom. The van der Waals surface area contributed by atoms with Gasteiger partial charge in [-0.05, 0) is 30.5 Å². The molecular formula is C14H15F3O3. The van der Waals surface area contributed by atoms with Gasteiger partial charge in [-0.25, -0.2) is 0 Å². The molecule has 0 aliphatic heterocycles. The summed E-state index contributed by atoms with van der Waals surface area (Å²) in [6, 6.07) is 3.49. The van der Waals surface area contributed by atoms with Crippen molar-refractivity contribution in [3.8, 4) is 5.75 Å². The summed E-state index contributed by atoms with van der Waals surface area (Å²) in [5, 5.41) is 9.44. The van der Waals surface area contributed by atoms with E-state index >= 15 is 0 Å². The summed E-state index contributed by atoms with van der Waals surface area (Å²) in [5.74, 6) is -1.12. The molecule has 1 saturated carbocycles. The maximum absolute atomic E-state index is 13.2. The summed E-state index contributed by atoms with van der Waals surface area (Å²) >= 11 is 0. The lowest BCUT2D eigenvalue weighted by molar-refractivity contribution is -0.146. The number of carboxylic acids is 1. The number of aliphatic carboxylic acids is 1. The van der Waals surface area contributed by atoms with Crippen LogP contribution in [-0.2, 0) is 16.4 Å². The van der Waals surface area contributed by atoms with Crippen LogP contribution in [0.3, 0.4) is 0 Å². The number of carbonyl (C=O) groups is 1. The molecule has 0 heterocycles. The molecule has 2 rings (SSSR count). The van der Waals surface area contributed by atoms with E-state index in [1.165, 1.54) is 19.2 Å². The Labute approximate surface area is 114 Å². The van der Waals surface area contributed by atoms with Gasteiger partial charge in [-0.1, -0.05) is 18.9 Å². The average molecular weight is 288 g/mol. The van der Waals surface area contributed by atoms with Gasteiger partial charge in [0.2, 0.25) is 0 Å². The van der Waals surface area contributed by atoms with Crippen LogP contribution in [0.15, 0.2) is 18.2 Å². The highest BCUT2D eigenvalue weighted by Crippen LogP contribution is 2.47. The Bertz CT molecular complexity index is 517. The normalized spacial score (nSPS) is 18.0. The second-order valence-corrected chi connectivity index (χ2v) is 5.00. The minimum atomic E-state index is -4.60. The topological polar surface area (TPSA) is 46.5 Å². The predicted octanol–water partition coefficient (Wildman–Crippen LogP) is 3.61. The van der Waals surface area contributed by atoms with Crippen LogP contribution in [0.25, 0.3) is 0 Å². The molecule has 1 aromatic carbocycles. The maximum atomic E-state index is 13.2. The molecule has 1 aromatic rings. The lowest BCUT2D eigenvalue weighted by Gasteiger charge is -2.28. The van der Waals surface area contributed by atoms with Crippen LogP contribution in [0, 0.1) is 0 Å². The maximum Gasteiger partial charge on any atom is 0.416 e. The first-order valence-corrected chi connectivity index (χ1v) is 6.30. The standard InChI is InChI=1S/C14H15F3O3/c1-20-9-4-5-10(11(8-9)14(15,16)17)13(12(18)19)6-2-3-7-13/h4-5,8H,2-3,6-7H2,1H3,(H,18,19). The summed E-state index contributed by atoms with van der Waals surface area (Å²) in [7, 11) is 1.28. The average Bonchev–Trinajstić information content (AvgIpc) is 2.87. The quantitative estimate of drug-likeness (QED) is 0.924. The smallest absolute Gasteiger partial charge is 0.416 e. The molecule has 0 saturated heterocycles. The van der Waals surface area contributed by atoms with Crippen molar-refractivity contribution in [3.63, 3.8) is 0 Å². The molecule has 1 aliphatic carbocycles. The number of halogens is 3. The first-order chi connectivity index (χ1) is 9.31. The number of rotatable bonds is 3. The molecule has 1 N–H and O–H groups in total. The van der Waals surface area contributed by atoms with Gasteiger partial charge >= 0.3 is 12.1 Å². The largest absolute Gasteiger partial charge is 0.497 e. The van der Waals surface area contributed by atoms with Crippen molar-refractivity contribution < 1.29 is 27.8 Å². The van der Waals surface area contributed by atoms with E-state index in [9.17, 15) is 23.1 Å². The number of alkyl halides is 3. The number of carboxylic acid groups (broad SMARTS) is 1. The molecule has 0 radical (unpaired) electrons. The Kier molecular flexibility index (Phi) is 3.67. The third-order valence-corrected chi connectivity index (χ3v) is 3.91. The second-order valence-electron chi connectivity index (χ2n) is 5.00. The van der Waals surface area contributed by atoms with Gasteiger partial charge in [0.25, 0.3) is 0 Å². The highest BCUT2D eigenvalue weighted by Gasteiger charge is 2.48. The van der Waals surface area contributed by atoms with Crippen LogP contribution in [0.4, 0.5) is 13.2 Å². The Morgan fingerprint density at radius 2 is 1.90 bits per heavy atom. The summed E-state index contributed by atoms with van der Waals surface area (Å²) in [5.41, 5.74) is -2.51. The van der Waals surface area contributed by atoms with Crippen molar-refractivity contribution in [1.82, 2.24) is 0 Å². The third-order valence-electron chi connectivity index (χ3n) is 3.91. The number of ether oxygens (including phenoxy) is 1. The van der Waals surface area contributed by atoms with Crippen molar-refractivity contribution >= 4 is 5.97 Å². The molecule has 6 heteroatoms. The fraction of sp³-hybridized carbons (Fsp3) is 0.500. The van der Waals surface area contributed by atoms with Crippen LogP contribution < -0.4 is 4.74 Å². The lowest BCUT2D eigenvalue weighted by atomic mass is 9.76. The molecule has 110 valence electrons. The van der Waals surface area contributed by atoms with Gasteiger partial charge in [-0.2, -0.15) is 13.2 Å². The highest BCUT2D eigenvalue weighted by atomic mass is 19.4. The van der Waals surface area contributed by atoms with Gasteiger partial charge in [0, 0.05) is 0 Å². The van der Waals surface area contributed by atoms with E-state index in [1.54, 1.807) is 0 Å². The molecule has 0 spiro atoms. The zero-order chi connectivity index (χ0) is 15.0. The van der Waals surface area contributed by atoms with Crippen molar-refractivity contribution in [2.75, 3.05) is 7.11 Å². The summed E-state index contributed by atoms with van der Waals surface area (Å²) in [6.45, 7) is 0. The number of hydrogen-bond acceptors (Lipinski definition) is 2. The monoisotopic (exact) mass is 288 g/mol. The molecule has 0 atom stereocenters. The molecule has 0 unspecified atom stereocenters. The minimum absolute atomic E-state index is 0.0691. The Balaban J connectivity index is 2.63. The molecule has 3 nitrogen and oxygen atoms in total. The zero-order valence-electron chi connectivity index (χ0n) is 11.0. The molecular weight excluding hydrogens is 273 g/mol. The van der Waals surface area contributed by atoms with E-state index < -0.39 is 23.1 Å². The SMILES string of the molecule is COc1ccc(C2(C(=O)O)CCCC2)c(C(F)(F)F)c1. The molecule has 20 heavy (non-hydrogen) atoms. The first kappa shape index (κ1) is 14.7. The number of methoxy groups -OCH3 is 1. The second kappa shape index (κ2) is 5.00. The summed E-state index contributed by atoms with van der Waals surface area (Å²) < 4.78 is 44.4. The van der Waals surface area contributed by atoms with Gasteiger partial charge < -0.3 is 9.84 Å². The summed E-state index contributed by atoms with van der Waals surface area (Å²) in [6.07, 6.45) is -2.89. The van der Waals surface area contributed by atoms with Crippen LogP contribution in [0.1, 0.15) is 36.8 Å². The van der Waals surface area contributed by atoms with Crippen molar-refractivity contribution in [2.45, 2.75) is 37.3 Å². The number of benzene rings is 1. The molecule has 0 amide bonds. The van der Waals surface area contributed by atoms with Crippen molar-refractivity contribution in [3.05, 3.63) is 29.3 Å². The van der Waals surface area contributed by atoms with Gasteiger partial charge in [0.1, 0.15) is 5.75 Å². The fourth-order valence-electron chi connectivity index (χ4n) is 2.88. The van der Waals surface area contributed by atoms with E-state index in [-0.39, 0.29) is 24.2 Å². The van der Waals surface area contributed by atoms with E-state index in [0.29, 0.717) is 12.8 Å². The van der Waals surface area contributed by atoms with Gasteiger partial charge in [0.15, 0.2) is 0 Å².